The predicted molar refractivity (Wildman–Crippen MR) is 169 cm³/mol. The SMILES string of the molecule is C[C@H](Cn1cnc2c(N)ncnc21)OCP(=O)(O)OCCCOCCCCCCCCCc1ccc(C#CS(F)(F)(F)(F)F)cc1. The Labute approximate surface area is 265 Å². The van der Waals surface area contributed by atoms with Crippen LogP contribution in [0.1, 0.15) is 69.4 Å². The van der Waals surface area contributed by atoms with E-state index in [0.717, 1.165) is 56.9 Å². The molecule has 0 bridgehead atoms. The van der Waals surface area contributed by atoms with E-state index in [0.29, 0.717) is 37.3 Å². The van der Waals surface area contributed by atoms with E-state index >= 15 is 0 Å². The number of aryl methyl sites for hydroxylation is 1. The number of imidazole rings is 1. The minimum atomic E-state index is -9.73. The molecule has 1 aromatic carbocycles. The Morgan fingerprint density at radius 1 is 0.935 bits per heavy atom. The molecule has 3 N–H and O–H groups in total. The van der Waals surface area contributed by atoms with Gasteiger partial charge in [-0.3, -0.25) is 4.57 Å². The number of anilines is 1. The van der Waals surface area contributed by atoms with Crippen LogP contribution in [0.5, 0.6) is 0 Å². The number of rotatable bonds is 20. The van der Waals surface area contributed by atoms with Gasteiger partial charge in [0.05, 0.1) is 30.8 Å². The van der Waals surface area contributed by atoms with Crippen molar-refractivity contribution in [2.45, 2.75) is 77.4 Å². The number of nitrogens with two attached hydrogens (primary N) is 1. The summed E-state index contributed by atoms with van der Waals surface area (Å²) in [7, 11) is -13.6. The topological polar surface area (TPSA) is 135 Å². The molecule has 17 heteroatoms. The smallest absolute Gasteiger partial charge is 0.353 e. The van der Waals surface area contributed by atoms with Crippen LogP contribution in [0.2, 0.25) is 0 Å². The number of halogens is 5. The Kier molecular flexibility index (Phi) is 13.0. The van der Waals surface area contributed by atoms with Crippen LogP contribution in [0.15, 0.2) is 36.9 Å². The zero-order valence-electron chi connectivity index (χ0n) is 25.6. The van der Waals surface area contributed by atoms with Crippen LogP contribution >= 0.6 is 17.8 Å². The first-order chi connectivity index (χ1) is 21.5. The average Bonchev–Trinajstić information content (AvgIpc) is 3.38. The number of benzene rings is 1. The lowest BCUT2D eigenvalue weighted by Gasteiger charge is -2.33. The summed E-state index contributed by atoms with van der Waals surface area (Å²) in [5.41, 5.74) is 7.64. The number of hydrogen-bond donors (Lipinski definition) is 2. The molecule has 2 heterocycles. The highest BCUT2D eigenvalue weighted by Crippen LogP contribution is 2.97. The molecular weight excluding hydrogens is 656 g/mol. The van der Waals surface area contributed by atoms with Gasteiger partial charge in [-0.15, -0.1) is 0 Å². The van der Waals surface area contributed by atoms with Crippen LogP contribution in [-0.4, -0.2) is 56.7 Å². The molecule has 0 radical (unpaired) electrons. The van der Waals surface area contributed by atoms with Gasteiger partial charge in [0.2, 0.25) is 0 Å². The van der Waals surface area contributed by atoms with Gasteiger partial charge in [-0.05, 0) is 56.2 Å². The molecule has 0 saturated carbocycles. The van der Waals surface area contributed by atoms with Gasteiger partial charge in [0.1, 0.15) is 18.2 Å². The summed E-state index contributed by atoms with van der Waals surface area (Å²) in [6, 6.07) is 5.87. The molecule has 0 amide bonds. The van der Waals surface area contributed by atoms with E-state index in [9.17, 15) is 28.9 Å². The molecule has 3 rings (SSSR count). The second-order valence-corrected chi connectivity index (χ2v) is 14.9. The van der Waals surface area contributed by atoms with Crippen molar-refractivity contribution in [3.8, 4) is 11.2 Å². The fraction of sp³-hybridized carbons (Fsp3) is 0.552. The summed E-state index contributed by atoms with van der Waals surface area (Å²) in [6.45, 7) is 3.20. The molecule has 0 aliphatic rings. The van der Waals surface area contributed by atoms with E-state index in [2.05, 4.69) is 15.0 Å². The summed E-state index contributed by atoms with van der Waals surface area (Å²) in [5, 5.41) is 0.221. The molecule has 0 spiro atoms. The van der Waals surface area contributed by atoms with Crippen molar-refractivity contribution in [2.75, 3.05) is 31.9 Å². The summed E-state index contributed by atoms with van der Waals surface area (Å²) < 4.78 is 91.9. The zero-order valence-corrected chi connectivity index (χ0v) is 27.3. The summed E-state index contributed by atoms with van der Waals surface area (Å²) >= 11 is 0. The maximum absolute atomic E-state index is 12.3. The number of hydrogen-bond acceptors (Lipinski definition) is 8. The van der Waals surface area contributed by atoms with Crippen LogP contribution in [-0.2, 0) is 31.5 Å². The molecule has 0 aliphatic heterocycles. The summed E-state index contributed by atoms with van der Waals surface area (Å²) in [6.07, 6.45) is 10.3. The Balaban J connectivity index is 1.13. The number of nitrogens with zero attached hydrogens (tertiary/aromatic N) is 4. The van der Waals surface area contributed by atoms with Crippen LogP contribution in [0, 0.1) is 11.2 Å². The zero-order chi connectivity index (χ0) is 33.7. The van der Waals surface area contributed by atoms with Crippen molar-refractivity contribution in [3.63, 3.8) is 0 Å². The highest BCUT2D eigenvalue weighted by molar-refractivity contribution is 8.49. The van der Waals surface area contributed by atoms with E-state index in [1.165, 1.54) is 24.4 Å². The second-order valence-electron chi connectivity index (χ2n) is 11.0. The molecule has 2 atom stereocenters. The molecule has 2 aromatic heterocycles. The lowest BCUT2D eigenvalue weighted by molar-refractivity contribution is 0.0688. The molecule has 258 valence electrons. The lowest BCUT2D eigenvalue weighted by atomic mass is 10.0. The highest BCUT2D eigenvalue weighted by atomic mass is 32.5. The van der Waals surface area contributed by atoms with Gasteiger partial charge in [0.25, 0.3) is 0 Å². The van der Waals surface area contributed by atoms with Crippen molar-refractivity contribution in [2.24, 2.45) is 0 Å². The van der Waals surface area contributed by atoms with E-state index in [-0.39, 0.29) is 23.2 Å². The molecule has 0 fully saturated rings. The third-order valence-corrected chi connectivity index (χ3v) is 8.28. The molecular formula is C29H41F5N5O5PS. The first kappa shape index (κ1) is 37.7. The van der Waals surface area contributed by atoms with Crippen LogP contribution in [0.25, 0.3) is 11.2 Å². The van der Waals surface area contributed by atoms with E-state index in [4.69, 9.17) is 19.7 Å². The number of ether oxygens (including phenoxy) is 2. The van der Waals surface area contributed by atoms with Gasteiger partial charge in [-0.25, -0.2) is 15.0 Å². The third-order valence-electron chi connectivity index (χ3n) is 6.73. The molecule has 1 unspecified atom stereocenters. The van der Waals surface area contributed by atoms with Gasteiger partial charge in [0.15, 0.2) is 11.5 Å². The normalized spacial score (nSPS) is 15.5. The monoisotopic (exact) mass is 697 g/mol. The van der Waals surface area contributed by atoms with Crippen molar-refractivity contribution in [3.05, 3.63) is 48.0 Å². The minimum Gasteiger partial charge on any atom is -0.382 e. The second kappa shape index (κ2) is 15.9. The fourth-order valence-corrected chi connectivity index (χ4v) is 5.66. The van der Waals surface area contributed by atoms with E-state index < -0.39 is 30.3 Å². The van der Waals surface area contributed by atoms with Gasteiger partial charge in [0, 0.05) is 18.8 Å². The Morgan fingerprint density at radius 2 is 1.59 bits per heavy atom. The minimum absolute atomic E-state index is 0.0735. The quantitative estimate of drug-likeness (QED) is 0.0522. The van der Waals surface area contributed by atoms with Crippen LogP contribution < -0.4 is 5.73 Å². The third kappa shape index (κ3) is 15.2. The van der Waals surface area contributed by atoms with E-state index in [1.54, 1.807) is 30.0 Å². The Morgan fingerprint density at radius 3 is 2.28 bits per heavy atom. The highest BCUT2D eigenvalue weighted by Gasteiger charge is 2.62. The van der Waals surface area contributed by atoms with Crippen LogP contribution in [0.4, 0.5) is 25.2 Å². The van der Waals surface area contributed by atoms with Gasteiger partial charge in [-0.2, -0.15) is 0 Å². The average molecular weight is 698 g/mol. The van der Waals surface area contributed by atoms with Crippen LogP contribution in [0.3, 0.4) is 0 Å². The maximum Gasteiger partial charge on any atom is 0.353 e. The summed E-state index contributed by atoms with van der Waals surface area (Å²) in [4.78, 5) is 22.3. The first-order valence-corrected chi connectivity index (χ1v) is 18.7. The van der Waals surface area contributed by atoms with E-state index in [1.807, 2.05) is 0 Å². The maximum atomic E-state index is 12.3. The van der Waals surface area contributed by atoms with Gasteiger partial charge in [-0.1, -0.05) is 63.7 Å². The van der Waals surface area contributed by atoms with Gasteiger partial charge < -0.3 is 29.2 Å². The lowest BCUT2D eigenvalue weighted by Crippen LogP contribution is -2.17. The first-order valence-electron chi connectivity index (χ1n) is 14.9. The number of fused-ring (bicyclic) bond motifs is 1. The van der Waals surface area contributed by atoms with Crippen molar-refractivity contribution >= 4 is 34.8 Å². The predicted octanol–water partition coefficient (Wildman–Crippen LogP) is 7.96. The molecule has 10 nitrogen and oxygen atoms in total. The Bertz CT molecular complexity index is 1520. The fourth-order valence-electron chi connectivity index (χ4n) is 4.42. The van der Waals surface area contributed by atoms with Gasteiger partial charge >= 0.3 is 17.8 Å². The number of nitrogen functional groups attached to an aromatic ring is 1. The number of unbranched alkanes of at least 4 members (excludes halogenated alkanes) is 6. The number of aromatic nitrogens is 4. The van der Waals surface area contributed by atoms with Crippen molar-refractivity contribution in [1.82, 2.24) is 19.5 Å². The summed E-state index contributed by atoms with van der Waals surface area (Å²) in [5.74, 6) is 1.79. The largest absolute Gasteiger partial charge is 0.382 e. The molecule has 0 saturated heterocycles. The Hall–Kier alpha value is -2.80. The molecule has 3 aromatic rings. The standard InChI is InChI=1S/C29H41F5N5O5PS/c1-24(20-39-22-38-27-28(35)36-21-37-29(27)39)43-23-45(40,41)44-18-9-17-42-16-8-6-4-2-3-5-7-10-25-11-13-26(14-12-25)15-19-46(30,31,32,33)34/h11-14,21-22,24H,2-10,16-18,20,23H2,1H3,(H,40,41)(H2,35,36,37)/t24-/m1/s1. The molecule has 0 aliphatic carbocycles. The van der Waals surface area contributed by atoms with Crippen molar-refractivity contribution in [1.29, 1.82) is 0 Å². The molecule has 46 heavy (non-hydrogen) atoms. The van der Waals surface area contributed by atoms with Crippen molar-refractivity contribution < 1.29 is 42.9 Å².